The molecular weight excluding hydrogens is 530 g/mol. The summed E-state index contributed by atoms with van der Waals surface area (Å²) in [6.07, 6.45) is 4.58. The minimum Gasteiger partial charge on any atom is -0.481 e. The summed E-state index contributed by atoms with van der Waals surface area (Å²) in [5, 5.41) is 18.8. The number of benzene rings is 3. The minimum absolute atomic E-state index is 0.0686. The monoisotopic (exact) mass is 567 g/mol. The van der Waals surface area contributed by atoms with E-state index in [-0.39, 0.29) is 30.3 Å². The Kier molecular flexibility index (Phi) is 8.71. The molecule has 1 aliphatic carbocycles. The summed E-state index contributed by atoms with van der Waals surface area (Å²) in [6.45, 7) is 3.78. The van der Waals surface area contributed by atoms with Crippen LogP contribution in [0.15, 0.2) is 84.0 Å². The number of rotatable bonds is 10. The van der Waals surface area contributed by atoms with Crippen LogP contribution in [0.5, 0.6) is 0 Å². The molecule has 2 amide bonds. The maximum atomic E-state index is 13.8. The van der Waals surface area contributed by atoms with Crippen LogP contribution >= 0.6 is 0 Å². The lowest BCUT2D eigenvalue weighted by atomic mass is 9.80. The molecule has 218 valence electrons. The van der Waals surface area contributed by atoms with Crippen LogP contribution in [0.3, 0.4) is 0 Å². The molecule has 0 aromatic heterocycles. The number of amides is 2. The number of carbonyl (C=O) groups is 3. The van der Waals surface area contributed by atoms with E-state index in [1.807, 2.05) is 61.5 Å². The maximum absolute atomic E-state index is 13.8. The number of hydrogen-bond donors (Lipinski definition) is 2. The van der Waals surface area contributed by atoms with Gasteiger partial charge in [0, 0.05) is 11.3 Å². The molecule has 0 bridgehead atoms. The third kappa shape index (κ3) is 6.22. The Bertz CT molecular complexity index is 1460. The molecule has 2 aliphatic rings. The topological polar surface area (TPSA) is 108 Å². The normalized spacial score (nSPS) is 17.6. The molecule has 5 rings (SSSR count). The van der Waals surface area contributed by atoms with Crippen LogP contribution in [0.25, 0.3) is 0 Å². The van der Waals surface area contributed by atoms with Gasteiger partial charge in [-0.15, -0.1) is 5.10 Å². The van der Waals surface area contributed by atoms with E-state index in [1.54, 1.807) is 31.2 Å². The second kappa shape index (κ2) is 12.6. The summed E-state index contributed by atoms with van der Waals surface area (Å²) in [5.41, 5.74) is 2.85. The van der Waals surface area contributed by atoms with Gasteiger partial charge < -0.3 is 15.2 Å². The molecule has 1 saturated carbocycles. The predicted molar refractivity (Wildman–Crippen MR) is 161 cm³/mol. The number of anilines is 1. The van der Waals surface area contributed by atoms with Crippen molar-refractivity contribution in [1.29, 1.82) is 0 Å². The lowest BCUT2D eigenvalue weighted by molar-refractivity contribution is -0.143. The van der Waals surface area contributed by atoms with Crippen LogP contribution in [-0.4, -0.2) is 40.4 Å². The number of carboxylic acids is 1. The van der Waals surface area contributed by atoms with E-state index in [2.05, 4.69) is 10.4 Å². The summed E-state index contributed by atoms with van der Waals surface area (Å²) in [4.78, 5) is 38.3. The number of nitrogens with zero attached hydrogens (tertiary/aromatic N) is 2. The number of aliphatic carboxylic acids is 1. The smallest absolute Gasteiger partial charge is 0.313 e. The highest BCUT2D eigenvalue weighted by Gasteiger charge is 2.35. The Labute approximate surface area is 246 Å². The van der Waals surface area contributed by atoms with Gasteiger partial charge in [0.15, 0.2) is 6.61 Å². The van der Waals surface area contributed by atoms with Crippen molar-refractivity contribution in [3.05, 3.63) is 101 Å². The molecule has 8 heteroatoms. The average molecular weight is 568 g/mol. The minimum atomic E-state index is -1.03. The SMILES string of the molecule is CCC(C)(C(=O)O)c1cccc(NC(=O)C(c2ccc(CN3N=C(c4ccccc4)OCC3=O)cc2)C2CCCC2)c1. The molecule has 1 fully saturated rings. The van der Waals surface area contributed by atoms with Gasteiger partial charge in [-0.2, -0.15) is 0 Å². The highest BCUT2D eigenvalue weighted by Crippen LogP contribution is 2.39. The van der Waals surface area contributed by atoms with Crippen molar-refractivity contribution in [3.63, 3.8) is 0 Å². The quantitative estimate of drug-likeness (QED) is 0.309. The van der Waals surface area contributed by atoms with E-state index in [1.165, 1.54) is 5.01 Å². The number of hydrazone groups is 1. The van der Waals surface area contributed by atoms with Gasteiger partial charge in [0.2, 0.25) is 11.8 Å². The Morgan fingerprint density at radius 2 is 1.76 bits per heavy atom. The Morgan fingerprint density at radius 1 is 1.05 bits per heavy atom. The Hall–Kier alpha value is -4.46. The van der Waals surface area contributed by atoms with Gasteiger partial charge >= 0.3 is 5.97 Å². The van der Waals surface area contributed by atoms with E-state index in [0.29, 0.717) is 30.1 Å². The molecule has 0 spiro atoms. The third-order valence-electron chi connectivity index (χ3n) is 8.62. The third-order valence-corrected chi connectivity index (χ3v) is 8.62. The van der Waals surface area contributed by atoms with Crippen molar-refractivity contribution >= 4 is 29.4 Å². The average Bonchev–Trinajstić information content (AvgIpc) is 3.53. The van der Waals surface area contributed by atoms with Crippen molar-refractivity contribution < 1.29 is 24.2 Å². The molecule has 2 unspecified atom stereocenters. The van der Waals surface area contributed by atoms with Crippen LogP contribution in [0.4, 0.5) is 5.69 Å². The highest BCUT2D eigenvalue weighted by molar-refractivity contribution is 5.98. The standard InChI is InChI=1S/C34H37N3O5/c1-3-34(2,33(40)41)27-14-9-15-28(20-27)35-31(39)30(24-10-7-8-11-24)25-18-16-23(17-19-25)21-37-29(38)22-42-32(36-37)26-12-5-4-6-13-26/h4-6,9,12-20,24,30H,3,7-8,10-11,21-22H2,1-2H3,(H,35,39)(H,40,41). The van der Waals surface area contributed by atoms with Crippen molar-refractivity contribution in [3.8, 4) is 0 Å². The Balaban J connectivity index is 1.34. The van der Waals surface area contributed by atoms with E-state index in [0.717, 1.165) is 42.4 Å². The summed E-state index contributed by atoms with van der Waals surface area (Å²) < 4.78 is 5.56. The van der Waals surface area contributed by atoms with E-state index >= 15 is 0 Å². The summed E-state index contributed by atoms with van der Waals surface area (Å²) in [5.74, 6) is -0.908. The van der Waals surface area contributed by atoms with Gasteiger partial charge in [0.05, 0.1) is 17.9 Å². The van der Waals surface area contributed by atoms with Gasteiger partial charge in [-0.25, -0.2) is 5.01 Å². The summed E-state index contributed by atoms with van der Waals surface area (Å²) >= 11 is 0. The van der Waals surface area contributed by atoms with Gasteiger partial charge in [-0.3, -0.25) is 14.4 Å². The zero-order valence-electron chi connectivity index (χ0n) is 24.1. The van der Waals surface area contributed by atoms with Crippen LogP contribution < -0.4 is 5.32 Å². The first-order chi connectivity index (χ1) is 20.3. The Morgan fingerprint density at radius 3 is 2.43 bits per heavy atom. The van der Waals surface area contributed by atoms with E-state index in [9.17, 15) is 19.5 Å². The van der Waals surface area contributed by atoms with Crippen LogP contribution in [-0.2, 0) is 31.1 Å². The van der Waals surface area contributed by atoms with Gasteiger partial charge in [0.1, 0.15) is 0 Å². The number of nitrogens with one attached hydrogen (secondary N) is 1. The van der Waals surface area contributed by atoms with E-state index in [4.69, 9.17) is 4.74 Å². The van der Waals surface area contributed by atoms with Gasteiger partial charge in [-0.05, 0) is 73.1 Å². The molecule has 1 heterocycles. The molecule has 42 heavy (non-hydrogen) atoms. The van der Waals surface area contributed by atoms with Crippen molar-refractivity contribution in [2.75, 3.05) is 11.9 Å². The van der Waals surface area contributed by atoms with Crippen molar-refractivity contribution in [2.45, 2.75) is 63.8 Å². The fourth-order valence-electron chi connectivity index (χ4n) is 5.81. The van der Waals surface area contributed by atoms with Gasteiger partial charge in [-0.1, -0.05) is 74.4 Å². The summed E-state index contributed by atoms with van der Waals surface area (Å²) in [6, 6.07) is 24.5. The zero-order valence-corrected chi connectivity index (χ0v) is 24.1. The molecule has 3 aromatic carbocycles. The first-order valence-electron chi connectivity index (χ1n) is 14.6. The number of carboxylic acid groups (broad SMARTS) is 1. The molecule has 1 aliphatic heterocycles. The predicted octanol–water partition coefficient (Wildman–Crippen LogP) is 6.07. The first-order valence-corrected chi connectivity index (χ1v) is 14.6. The molecule has 0 saturated heterocycles. The number of carbonyl (C=O) groups excluding carboxylic acids is 2. The summed E-state index contributed by atoms with van der Waals surface area (Å²) in [7, 11) is 0. The second-order valence-corrected chi connectivity index (χ2v) is 11.3. The van der Waals surface area contributed by atoms with E-state index < -0.39 is 11.4 Å². The zero-order chi connectivity index (χ0) is 29.7. The maximum Gasteiger partial charge on any atom is 0.313 e. The lowest BCUT2D eigenvalue weighted by Crippen LogP contribution is -2.36. The molecule has 2 atom stereocenters. The fourth-order valence-corrected chi connectivity index (χ4v) is 5.81. The lowest BCUT2D eigenvalue weighted by Gasteiger charge is -2.26. The van der Waals surface area contributed by atoms with Crippen LogP contribution in [0.2, 0.25) is 0 Å². The van der Waals surface area contributed by atoms with Crippen molar-refractivity contribution in [1.82, 2.24) is 5.01 Å². The number of ether oxygens (including phenoxy) is 1. The number of hydrogen-bond acceptors (Lipinski definition) is 5. The first kappa shape index (κ1) is 29.0. The molecular formula is C34H37N3O5. The largest absolute Gasteiger partial charge is 0.481 e. The van der Waals surface area contributed by atoms with Crippen LogP contribution in [0, 0.1) is 5.92 Å². The molecule has 3 aromatic rings. The molecule has 2 N–H and O–H groups in total. The van der Waals surface area contributed by atoms with Crippen LogP contribution in [0.1, 0.15) is 74.1 Å². The molecule has 8 nitrogen and oxygen atoms in total. The second-order valence-electron chi connectivity index (χ2n) is 11.3. The van der Waals surface area contributed by atoms with Crippen molar-refractivity contribution in [2.24, 2.45) is 11.0 Å². The highest BCUT2D eigenvalue weighted by atomic mass is 16.5. The fraction of sp³-hybridized carbons (Fsp3) is 0.353. The van der Waals surface area contributed by atoms with Gasteiger partial charge in [0.25, 0.3) is 5.91 Å². The molecule has 0 radical (unpaired) electrons.